The Kier molecular flexibility index (Phi) is 3.45. The van der Waals surface area contributed by atoms with Gasteiger partial charge in [0.1, 0.15) is 11.6 Å². The molecule has 0 bridgehead atoms. The standard InChI is InChI=1S/C12H18ClNO4/c1-12(2,3)18-11(16)14-5-7-4-8(7)9(14)10(15)17-6-13/h7-9H,4-6H2,1-3H3/t7-,8-,9-/m0/s1. The summed E-state index contributed by atoms with van der Waals surface area (Å²) in [6.45, 7) is 5.97. The van der Waals surface area contributed by atoms with Crippen molar-refractivity contribution in [1.29, 1.82) is 0 Å². The molecule has 0 unspecified atom stereocenters. The predicted molar refractivity (Wildman–Crippen MR) is 65.1 cm³/mol. The van der Waals surface area contributed by atoms with E-state index in [1.165, 1.54) is 4.90 Å². The molecule has 1 aliphatic carbocycles. The first-order valence-electron chi connectivity index (χ1n) is 6.05. The van der Waals surface area contributed by atoms with Crippen LogP contribution in [0.25, 0.3) is 0 Å². The van der Waals surface area contributed by atoms with Gasteiger partial charge in [-0.3, -0.25) is 4.90 Å². The lowest BCUT2D eigenvalue weighted by atomic mass is 10.2. The molecular weight excluding hydrogens is 258 g/mol. The summed E-state index contributed by atoms with van der Waals surface area (Å²) in [4.78, 5) is 25.3. The van der Waals surface area contributed by atoms with Crippen LogP contribution in [0.4, 0.5) is 4.79 Å². The number of ether oxygens (including phenoxy) is 2. The van der Waals surface area contributed by atoms with Gasteiger partial charge < -0.3 is 9.47 Å². The molecule has 1 saturated heterocycles. The van der Waals surface area contributed by atoms with E-state index in [1.54, 1.807) is 20.8 Å². The molecule has 0 aromatic rings. The third-order valence-corrected chi connectivity index (χ3v) is 3.33. The average molecular weight is 276 g/mol. The maximum Gasteiger partial charge on any atom is 0.411 e. The first-order valence-corrected chi connectivity index (χ1v) is 6.59. The van der Waals surface area contributed by atoms with E-state index < -0.39 is 23.7 Å². The van der Waals surface area contributed by atoms with Crippen LogP contribution < -0.4 is 0 Å². The van der Waals surface area contributed by atoms with Crippen LogP contribution in [0.2, 0.25) is 0 Å². The summed E-state index contributed by atoms with van der Waals surface area (Å²) >= 11 is 5.39. The van der Waals surface area contributed by atoms with Gasteiger partial charge in [0.15, 0.2) is 6.07 Å². The Balaban J connectivity index is 2.03. The number of fused-ring (bicyclic) bond motifs is 1. The maximum absolute atomic E-state index is 12.0. The molecule has 2 aliphatic rings. The number of likely N-dealkylation sites (tertiary alicyclic amines) is 1. The van der Waals surface area contributed by atoms with E-state index in [4.69, 9.17) is 21.1 Å². The summed E-state index contributed by atoms with van der Waals surface area (Å²) in [7, 11) is 0. The minimum absolute atomic E-state index is 0.186. The number of alkyl halides is 1. The van der Waals surface area contributed by atoms with E-state index in [1.807, 2.05) is 0 Å². The largest absolute Gasteiger partial charge is 0.448 e. The molecule has 2 rings (SSSR count). The van der Waals surface area contributed by atoms with Crippen molar-refractivity contribution in [3.63, 3.8) is 0 Å². The molecule has 102 valence electrons. The Morgan fingerprint density at radius 3 is 2.61 bits per heavy atom. The van der Waals surface area contributed by atoms with Gasteiger partial charge in [-0.1, -0.05) is 11.6 Å². The van der Waals surface area contributed by atoms with Crippen LogP contribution in [0.1, 0.15) is 27.2 Å². The van der Waals surface area contributed by atoms with Gasteiger partial charge in [0.25, 0.3) is 0 Å². The first-order chi connectivity index (χ1) is 8.33. The summed E-state index contributed by atoms with van der Waals surface area (Å²) in [5.41, 5.74) is -0.565. The van der Waals surface area contributed by atoms with E-state index in [0.717, 1.165) is 6.42 Å². The summed E-state index contributed by atoms with van der Waals surface area (Å²) in [5.74, 6) is 0.194. The molecule has 0 aromatic carbocycles. The Morgan fingerprint density at radius 1 is 1.39 bits per heavy atom. The zero-order chi connectivity index (χ0) is 13.5. The number of halogens is 1. The van der Waals surface area contributed by atoms with Crippen molar-refractivity contribution in [3.05, 3.63) is 0 Å². The van der Waals surface area contributed by atoms with Crippen LogP contribution in [-0.4, -0.2) is 41.2 Å². The summed E-state index contributed by atoms with van der Waals surface area (Å²) < 4.78 is 10.1. The Hall–Kier alpha value is -0.970. The Bertz CT molecular complexity index is 366. The van der Waals surface area contributed by atoms with Crippen molar-refractivity contribution in [3.8, 4) is 0 Å². The number of hydrogen-bond acceptors (Lipinski definition) is 4. The summed E-state index contributed by atoms with van der Waals surface area (Å²) in [6.07, 6.45) is 0.521. The minimum atomic E-state index is -0.565. The lowest BCUT2D eigenvalue weighted by Gasteiger charge is -2.29. The highest BCUT2D eigenvalue weighted by Gasteiger charge is 2.58. The number of piperidine rings is 1. The van der Waals surface area contributed by atoms with E-state index in [9.17, 15) is 9.59 Å². The van der Waals surface area contributed by atoms with E-state index in [2.05, 4.69) is 0 Å². The minimum Gasteiger partial charge on any atom is -0.448 e. The number of esters is 1. The fourth-order valence-electron chi connectivity index (χ4n) is 2.41. The molecule has 1 heterocycles. The number of rotatable bonds is 2. The highest BCUT2D eigenvalue weighted by atomic mass is 35.5. The van der Waals surface area contributed by atoms with E-state index >= 15 is 0 Å². The number of hydrogen-bond donors (Lipinski definition) is 0. The number of nitrogens with zero attached hydrogens (tertiary/aromatic N) is 1. The summed E-state index contributed by atoms with van der Waals surface area (Å²) in [5, 5.41) is 0. The van der Waals surface area contributed by atoms with Crippen molar-refractivity contribution in [2.45, 2.75) is 38.8 Å². The zero-order valence-corrected chi connectivity index (χ0v) is 11.6. The van der Waals surface area contributed by atoms with Gasteiger partial charge in [-0.25, -0.2) is 9.59 Å². The van der Waals surface area contributed by atoms with Gasteiger partial charge in [0.05, 0.1) is 0 Å². The third-order valence-electron chi connectivity index (χ3n) is 3.22. The van der Waals surface area contributed by atoms with Crippen LogP contribution in [0.5, 0.6) is 0 Å². The van der Waals surface area contributed by atoms with E-state index in [0.29, 0.717) is 12.5 Å². The van der Waals surface area contributed by atoms with Gasteiger partial charge in [-0.15, -0.1) is 0 Å². The quantitative estimate of drug-likeness (QED) is 0.571. The highest BCUT2D eigenvalue weighted by molar-refractivity contribution is 6.17. The Labute approximate surface area is 111 Å². The topological polar surface area (TPSA) is 55.8 Å². The maximum atomic E-state index is 12.0. The molecule has 0 spiro atoms. The van der Waals surface area contributed by atoms with Crippen LogP contribution >= 0.6 is 11.6 Å². The normalized spacial score (nSPS) is 29.8. The van der Waals surface area contributed by atoms with Gasteiger partial charge in [0.2, 0.25) is 0 Å². The second kappa shape index (κ2) is 4.61. The van der Waals surface area contributed by atoms with Crippen LogP contribution in [-0.2, 0) is 14.3 Å². The molecule has 0 N–H and O–H groups in total. The third kappa shape index (κ3) is 2.71. The molecule has 1 amide bonds. The second-order valence-electron chi connectivity index (χ2n) is 5.81. The molecular formula is C12H18ClNO4. The average Bonchev–Trinajstić information content (AvgIpc) is 2.87. The van der Waals surface area contributed by atoms with Gasteiger partial charge >= 0.3 is 12.1 Å². The fourth-order valence-corrected chi connectivity index (χ4v) is 2.52. The van der Waals surface area contributed by atoms with Crippen molar-refractivity contribution < 1.29 is 19.1 Å². The van der Waals surface area contributed by atoms with Crippen molar-refractivity contribution >= 4 is 23.7 Å². The van der Waals surface area contributed by atoms with Gasteiger partial charge in [-0.2, -0.15) is 0 Å². The predicted octanol–water partition coefficient (Wildman–Crippen LogP) is 1.98. The lowest BCUT2D eigenvalue weighted by Crippen LogP contribution is -2.46. The molecule has 3 atom stereocenters. The molecule has 2 fully saturated rings. The molecule has 0 radical (unpaired) electrons. The van der Waals surface area contributed by atoms with E-state index in [-0.39, 0.29) is 12.0 Å². The first kappa shape index (κ1) is 13.5. The fraction of sp³-hybridized carbons (Fsp3) is 0.833. The number of carbonyl (C=O) groups is 2. The van der Waals surface area contributed by atoms with Crippen LogP contribution in [0.3, 0.4) is 0 Å². The molecule has 1 saturated carbocycles. The van der Waals surface area contributed by atoms with Crippen LogP contribution in [0.15, 0.2) is 0 Å². The second-order valence-corrected chi connectivity index (χ2v) is 6.03. The smallest absolute Gasteiger partial charge is 0.411 e. The molecule has 6 heteroatoms. The lowest BCUT2D eigenvalue weighted by molar-refractivity contribution is -0.147. The number of carbonyl (C=O) groups excluding carboxylic acids is 2. The molecule has 1 aliphatic heterocycles. The molecule has 18 heavy (non-hydrogen) atoms. The van der Waals surface area contributed by atoms with Gasteiger partial charge in [-0.05, 0) is 39.0 Å². The van der Waals surface area contributed by atoms with Crippen molar-refractivity contribution in [2.24, 2.45) is 11.8 Å². The highest BCUT2D eigenvalue weighted by Crippen LogP contribution is 2.50. The Morgan fingerprint density at radius 2 is 2.06 bits per heavy atom. The molecule has 5 nitrogen and oxygen atoms in total. The van der Waals surface area contributed by atoms with Crippen LogP contribution in [0, 0.1) is 11.8 Å². The van der Waals surface area contributed by atoms with Crippen molar-refractivity contribution in [2.75, 3.05) is 12.6 Å². The number of amides is 1. The molecule has 0 aromatic heterocycles. The van der Waals surface area contributed by atoms with Crippen molar-refractivity contribution in [1.82, 2.24) is 4.90 Å². The van der Waals surface area contributed by atoms with Gasteiger partial charge in [0, 0.05) is 6.54 Å². The SMILES string of the molecule is CC(C)(C)OC(=O)N1C[C@@H]2C[C@@H]2[C@H]1C(=O)OCCl. The summed E-state index contributed by atoms with van der Waals surface area (Å²) in [6, 6.07) is -0.710. The zero-order valence-electron chi connectivity index (χ0n) is 10.8. The monoisotopic (exact) mass is 275 g/mol.